The first-order chi connectivity index (χ1) is 9.05. The van der Waals surface area contributed by atoms with Gasteiger partial charge < -0.3 is 10.2 Å². The molecule has 19 heavy (non-hydrogen) atoms. The van der Waals surface area contributed by atoms with Crippen LogP contribution in [0.5, 0.6) is 0 Å². The Balaban J connectivity index is 1.72. The van der Waals surface area contributed by atoms with Crippen LogP contribution in [-0.4, -0.2) is 41.6 Å². The minimum atomic E-state index is -0.183. The SMILES string of the molecule is CC1(C)CCN(CCNc2ccc(F)cc2)CCS1. The van der Waals surface area contributed by atoms with E-state index in [9.17, 15) is 4.39 Å². The molecule has 1 heterocycles. The average molecular weight is 282 g/mol. The Morgan fingerprint density at radius 2 is 2.00 bits per heavy atom. The Morgan fingerprint density at radius 3 is 2.74 bits per heavy atom. The van der Waals surface area contributed by atoms with E-state index < -0.39 is 0 Å². The molecular weight excluding hydrogens is 259 g/mol. The van der Waals surface area contributed by atoms with E-state index in [0.717, 1.165) is 18.8 Å². The second-order valence-corrected chi connectivity index (χ2v) is 7.44. The van der Waals surface area contributed by atoms with Crippen LogP contribution in [0.25, 0.3) is 0 Å². The van der Waals surface area contributed by atoms with E-state index in [1.807, 2.05) is 0 Å². The maximum atomic E-state index is 12.8. The van der Waals surface area contributed by atoms with Gasteiger partial charge in [0.25, 0.3) is 0 Å². The first-order valence-corrected chi connectivity index (χ1v) is 7.89. The van der Waals surface area contributed by atoms with Crippen molar-refractivity contribution >= 4 is 17.4 Å². The molecular formula is C15H23FN2S. The Labute approximate surface area is 119 Å². The summed E-state index contributed by atoms with van der Waals surface area (Å²) >= 11 is 2.07. The van der Waals surface area contributed by atoms with E-state index in [4.69, 9.17) is 0 Å². The fraction of sp³-hybridized carbons (Fsp3) is 0.600. The molecule has 1 fully saturated rings. The summed E-state index contributed by atoms with van der Waals surface area (Å²) in [7, 11) is 0. The molecule has 0 radical (unpaired) electrons. The summed E-state index contributed by atoms with van der Waals surface area (Å²) in [6, 6.07) is 6.56. The van der Waals surface area contributed by atoms with Gasteiger partial charge in [0.15, 0.2) is 0 Å². The third-order valence-corrected chi connectivity index (χ3v) is 4.90. The summed E-state index contributed by atoms with van der Waals surface area (Å²) < 4.78 is 13.2. The minimum absolute atomic E-state index is 0.183. The fourth-order valence-electron chi connectivity index (χ4n) is 2.21. The van der Waals surface area contributed by atoms with E-state index in [0.29, 0.717) is 4.75 Å². The summed E-state index contributed by atoms with van der Waals surface area (Å²) in [6.45, 7) is 8.96. The predicted octanol–water partition coefficient (Wildman–Crippen LogP) is 3.46. The molecule has 1 aliphatic heterocycles. The first kappa shape index (κ1) is 14.7. The zero-order valence-corrected chi connectivity index (χ0v) is 12.6. The Morgan fingerprint density at radius 1 is 1.26 bits per heavy atom. The second kappa shape index (κ2) is 6.62. The number of thioether (sulfide) groups is 1. The molecule has 4 heteroatoms. The van der Waals surface area contributed by atoms with Gasteiger partial charge in [0.2, 0.25) is 0 Å². The van der Waals surface area contributed by atoms with Crippen LogP contribution in [0.2, 0.25) is 0 Å². The van der Waals surface area contributed by atoms with Crippen LogP contribution >= 0.6 is 11.8 Å². The fourth-order valence-corrected chi connectivity index (χ4v) is 3.35. The van der Waals surface area contributed by atoms with Gasteiger partial charge in [-0.25, -0.2) is 4.39 Å². The molecule has 0 aromatic heterocycles. The molecule has 0 saturated carbocycles. The normalized spacial score (nSPS) is 19.9. The third-order valence-electron chi connectivity index (χ3n) is 3.53. The van der Waals surface area contributed by atoms with Crippen molar-refractivity contribution < 1.29 is 4.39 Å². The number of hydrogen-bond acceptors (Lipinski definition) is 3. The molecule has 2 rings (SSSR count). The van der Waals surface area contributed by atoms with Crippen LogP contribution < -0.4 is 5.32 Å². The predicted molar refractivity (Wildman–Crippen MR) is 82.5 cm³/mol. The van der Waals surface area contributed by atoms with E-state index in [-0.39, 0.29) is 5.82 Å². The summed E-state index contributed by atoms with van der Waals surface area (Å²) in [5, 5.41) is 3.35. The number of rotatable bonds is 4. The number of nitrogens with zero attached hydrogens (tertiary/aromatic N) is 1. The lowest BCUT2D eigenvalue weighted by molar-refractivity contribution is 0.295. The molecule has 0 unspecified atom stereocenters. The number of nitrogens with one attached hydrogen (secondary N) is 1. The van der Waals surface area contributed by atoms with Crippen LogP contribution in [0.4, 0.5) is 10.1 Å². The number of halogens is 1. The molecule has 0 atom stereocenters. The second-order valence-electron chi connectivity index (χ2n) is 5.63. The summed E-state index contributed by atoms with van der Waals surface area (Å²) in [5.41, 5.74) is 0.992. The van der Waals surface area contributed by atoms with Crippen LogP contribution in [0, 0.1) is 5.82 Å². The zero-order chi connectivity index (χ0) is 13.7. The van der Waals surface area contributed by atoms with Crippen molar-refractivity contribution in [3.8, 4) is 0 Å². The first-order valence-electron chi connectivity index (χ1n) is 6.91. The molecule has 0 bridgehead atoms. The molecule has 0 spiro atoms. The summed E-state index contributed by atoms with van der Waals surface area (Å²) in [6.07, 6.45) is 1.24. The molecule has 0 amide bonds. The maximum absolute atomic E-state index is 12.8. The Bertz CT molecular complexity index is 392. The van der Waals surface area contributed by atoms with Crippen molar-refractivity contribution in [1.29, 1.82) is 0 Å². The smallest absolute Gasteiger partial charge is 0.123 e. The quantitative estimate of drug-likeness (QED) is 0.910. The van der Waals surface area contributed by atoms with Gasteiger partial charge in [-0.15, -0.1) is 0 Å². The molecule has 0 aliphatic carbocycles. The molecule has 1 N–H and O–H groups in total. The molecule has 1 aliphatic rings. The van der Waals surface area contributed by atoms with Gasteiger partial charge in [-0.1, -0.05) is 13.8 Å². The lowest BCUT2D eigenvalue weighted by Crippen LogP contribution is -2.31. The van der Waals surface area contributed by atoms with Crippen LogP contribution in [0.3, 0.4) is 0 Å². The number of benzene rings is 1. The van der Waals surface area contributed by atoms with Crippen molar-refractivity contribution in [3.05, 3.63) is 30.1 Å². The van der Waals surface area contributed by atoms with Gasteiger partial charge >= 0.3 is 0 Å². The highest BCUT2D eigenvalue weighted by molar-refractivity contribution is 8.00. The van der Waals surface area contributed by atoms with Crippen molar-refractivity contribution in [2.75, 3.05) is 37.2 Å². The highest BCUT2D eigenvalue weighted by atomic mass is 32.2. The standard InChI is InChI=1S/C15H23FN2S/c1-15(2)7-9-18(11-12-19-15)10-8-17-14-5-3-13(16)4-6-14/h3-6,17H,7-12H2,1-2H3. The van der Waals surface area contributed by atoms with Gasteiger partial charge in [0, 0.05) is 35.8 Å². The summed E-state index contributed by atoms with van der Waals surface area (Å²) in [4.78, 5) is 2.51. The zero-order valence-electron chi connectivity index (χ0n) is 11.8. The van der Waals surface area contributed by atoms with Gasteiger partial charge in [-0.3, -0.25) is 0 Å². The average Bonchev–Trinajstić information content (AvgIpc) is 2.53. The van der Waals surface area contributed by atoms with Crippen LogP contribution in [-0.2, 0) is 0 Å². The highest BCUT2D eigenvalue weighted by Crippen LogP contribution is 2.30. The molecule has 2 nitrogen and oxygen atoms in total. The maximum Gasteiger partial charge on any atom is 0.123 e. The monoisotopic (exact) mass is 282 g/mol. The largest absolute Gasteiger partial charge is 0.384 e. The molecule has 1 aromatic rings. The van der Waals surface area contributed by atoms with Gasteiger partial charge in [-0.2, -0.15) is 11.8 Å². The van der Waals surface area contributed by atoms with Crippen molar-refractivity contribution in [2.45, 2.75) is 25.0 Å². The lowest BCUT2D eigenvalue weighted by Gasteiger charge is -2.22. The van der Waals surface area contributed by atoms with Crippen molar-refractivity contribution in [1.82, 2.24) is 4.90 Å². The number of hydrogen-bond donors (Lipinski definition) is 1. The van der Waals surface area contributed by atoms with E-state index in [1.54, 1.807) is 12.1 Å². The Kier molecular flexibility index (Phi) is 5.11. The minimum Gasteiger partial charge on any atom is -0.384 e. The van der Waals surface area contributed by atoms with Crippen molar-refractivity contribution in [2.24, 2.45) is 0 Å². The molecule has 106 valence electrons. The van der Waals surface area contributed by atoms with Gasteiger partial charge in [0.05, 0.1) is 0 Å². The lowest BCUT2D eigenvalue weighted by atomic mass is 10.1. The van der Waals surface area contributed by atoms with Crippen molar-refractivity contribution in [3.63, 3.8) is 0 Å². The van der Waals surface area contributed by atoms with E-state index in [1.165, 1.54) is 37.4 Å². The van der Waals surface area contributed by atoms with Gasteiger partial charge in [0.1, 0.15) is 5.82 Å². The molecule has 1 saturated heterocycles. The van der Waals surface area contributed by atoms with E-state index in [2.05, 4.69) is 35.8 Å². The third kappa shape index (κ3) is 5.03. The van der Waals surface area contributed by atoms with Crippen LogP contribution in [0.15, 0.2) is 24.3 Å². The van der Waals surface area contributed by atoms with Crippen LogP contribution in [0.1, 0.15) is 20.3 Å². The Hall–Kier alpha value is -0.740. The highest BCUT2D eigenvalue weighted by Gasteiger charge is 2.23. The number of anilines is 1. The molecule has 1 aromatic carbocycles. The summed E-state index contributed by atoms with van der Waals surface area (Å²) in [5.74, 6) is 1.03. The topological polar surface area (TPSA) is 15.3 Å². The van der Waals surface area contributed by atoms with E-state index >= 15 is 0 Å². The van der Waals surface area contributed by atoms with Gasteiger partial charge in [-0.05, 0) is 37.2 Å².